The molecule has 7 nitrogen and oxygen atoms in total. The first-order valence-electron chi connectivity index (χ1n) is 10.3. The SMILES string of the molecule is C[C@H]([C@@H]1O[C@H]1C[C@@H]1OC[C@H](CC(=O)CC(=O)c2ccccc2F)[C@@H](O)[C@H]1O)[C@H](C)O. The second kappa shape index (κ2) is 9.62. The fourth-order valence-electron chi connectivity index (χ4n) is 3.97. The molecule has 0 aliphatic carbocycles. The van der Waals surface area contributed by atoms with Crippen molar-refractivity contribution in [2.24, 2.45) is 11.8 Å². The number of ether oxygens (including phenoxy) is 2. The standard InChI is InChI=1S/C22H29FO7/c1-11(12(2)24)22-19(30-22)9-18-21(28)20(27)13(10-29-18)7-14(25)8-17(26)15-5-3-4-6-16(15)23/h3-6,11-13,18-22,24,27-28H,7-10H2,1-2H3/t11-,12-,13-,18-,19-,20+,21-,22-/m0/s1. The Labute approximate surface area is 174 Å². The number of carbonyl (C=O) groups is 2. The highest BCUT2D eigenvalue weighted by atomic mass is 19.1. The van der Waals surface area contributed by atoms with E-state index in [1.807, 2.05) is 6.92 Å². The summed E-state index contributed by atoms with van der Waals surface area (Å²) in [5, 5.41) is 30.5. The fourth-order valence-corrected chi connectivity index (χ4v) is 3.97. The Bertz CT molecular complexity index is 768. The van der Waals surface area contributed by atoms with Gasteiger partial charge in [-0.25, -0.2) is 4.39 Å². The van der Waals surface area contributed by atoms with Crippen molar-refractivity contribution in [3.8, 4) is 0 Å². The molecule has 0 saturated carbocycles. The fraction of sp³-hybridized carbons (Fsp3) is 0.636. The minimum absolute atomic E-state index is 0.0435. The van der Waals surface area contributed by atoms with Crippen molar-refractivity contribution in [2.75, 3.05) is 6.61 Å². The van der Waals surface area contributed by atoms with Crippen LogP contribution >= 0.6 is 0 Å². The molecule has 3 rings (SSSR count). The number of hydrogen-bond acceptors (Lipinski definition) is 7. The molecule has 1 aromatic carbocycles. The zero-order valence-corrected chi connectivity index (χ0v) is 17.1. The smallest absolute Gasteiger partial charge is 0.173 e. The number of Topliss-reactive ketones (excluding diaryl/α,β-unsaturated/α-hetero) is 2. The summed E-state index contributed by atoms with van der Waals surface area (Å²) in [6, 6.07) is 5.46. The number of aliphatic hydroxyl groups excluding tert-OH is 3. The molecule has 166 valence electrons. The lowest BCUT2D eigenvalue weighted by atomic mass is 9.85. The van der Waals surface area contributed by atoms with Crippen LogP contribution in [0.3, 0.4) is 0 Å². The first kappa shape index (κ1) is 23.0. The first-order valence-corrected chi connectivity index (χ1v) is 10.3. The van der Waals surface area contributed by atoms with Crippen LogP contribution in [0, 0.1) is 17.7 Å². The van der Waals surface area contributed by atoms with Crippen LogP contribution in [0.1, 0.15) is 43.5 Å². The maximum absolute atomic E-state index is 13.7. The van der Waals surface area contributed by atoms with Gasteiger partial charge in [0, 0.05) is 24.7 Å². The van der Waals surface area contributed by atoms with E-state index in [-0.39, 0.29) is 36.7 Å². The number of aliphatic hydroxyl groups is 3. The lowest BCUT2D eigenvalue weighted by Gasteiger charge is -2.37. The number of epoxide rings is 1. The maximum Gasteiger partial charge on any atom is 0.173 e. The van der Waals surface area contributed by atoms with Crippen LogP contribution in [0.15, 0.2) is 24.3 Å². The van der Waals surface area contributed by atoms with Crippen LogP contribution in [-0.4, -0.2) is 70.1 Å². The van der Waals surface area contributed by atoms with Crippen molar-refractivity contribution in [2.45, 2.75) is 69.7 Å². The molecular formula is C22H29FO7. The Kier molecular flexibility index (Phi) is 7.36. The second-order valence-corrected chi connectivity index (χ2v) is 8.41. The largest absolute Gasteiger partial charge is 0.393 e. The molecule has 1 aromatic rings. The van der Waals surface area contributed by atoms with E-state index in [1.54, 1.807) is 6.92 Å². The Morgan fingerprint density at radius 1 is 1.17 bits per heavy atom. The van der Waals surface area contributed by atoms with E-state index in [2.05, 4.69) is 0 Å². The highest BCUT2D eigenvalue weighted by Crippen LogP contribution is 2.37. The van der Waals surface area contributed by atoms with Gasteiger partial charge in [-0.2, -0.15) is 0 Å². The van der Waals surface area contributed by atoms with Gasteiger partial charge in [0.25, 0.3) is 0 Å². The molecule has 0 aromatic heterocycles. The van der Waals surface area contributed by atoms with Crippen molar-refractivity contribution in [1.82, 2.24) is 0 Å². The predicted octanol–water partition coefficient (Wildman–Crippen LogP) is 1.27. The summed E-state index contributed by atoms with van der Waals surface area (Å²) in [5.74, 6) is -2.44. The van der Waals surface area contributed by atoms with E-state index in [4.69, 9.17) is 9.47 Å². The Morgan fingerprint density at radius 3 is 2.53 bits per heavy atom. The van der Waals surface area contributed by atoms with Gasteiger partial charge in [0.2, 0.25) is 0 Å². The molecule has 2 saturated heterocycles. The normalized spacial score (nSPS) is 33.0. The topological polar surface area (TPSA) is 117 Å². The monoisotopic (exact) mass is 424 g/mol. The highest BCUT2D eigenvalue weighted by Gasteiger charge is 2.48. The molecule has 30 heavy (non-hydrogen) atoms. The van der Waals surface area contributed by atoms with Crippen molar-refractivity contribution in [1.29, 1.82) is 0 Å². The minimum Gasteiger partial charge on any atom is -0.393 e. The second-order valence-electron chi connectivity index (χ2n) is 8.41. The summed E-state index contributed by atoms with van der Waals surface area (Å²) in [7, 11) is 0. The van der Waals surface area contributed by atoms with Gasteiger partial charge >= 0.3 is 0 Å². The van der Waals surface area contributed by atoms with Gasteiger partial charge in [-0.3, -0.25) is 9.59 Å². The van der Waals surface area contributed by atoms with Gasteiger partial charge in [-0.1, -0.05) is 19.1 Å². The molecular weight excluding hydrogens is 395 g/mol. The zero-order chi connectivity index (χ0) is 22.0. The lowest BCUT2D eigenvalue weighted by Crippen LogP contribution is -2.51. The number of halogens is 1. The first-order chi connectivity index (χ1) is 14.2. The molecule has 0 unspecified atom stereocenters. The van der Waals surface area contributed by atoms with Crippen molar-refractivity contribution < 1.29 is 38.8 Å². The average molecular weight is 424 g/mol. The van der Waals surface area contributed by atoms with Gasteiger partial charge in [-0.15, -0.1) is 0 Å². The van der Waals surface area contributed by atoms with E-state index < -0.39 is 54.1 Å². The van der Waals surface area contributed by atoms with E-state index >= 15 is 0 Å². The van der Waals surface area contributed by atoms with Gasteiger partial charge in [0.15, 0.2) is 5.78 Å². The summed E-state index contributed by atoms with van der Waals surface area (Å²) in [4.78, 5) is 24.4. The van der Waals surface area contributed by atoms with Gasteiger partial charge in [0.05, 0.1) is 49.1 Å². The molecule has 2 fully saturated rings. The van der Waals surface area contributed by atoms with Gasteiger partial charge in [0.1, 0.15) is 17.7 Å². The summed E-state index contributed by atoms with van der Waals surface area (Å²) < 4.78 is 24.9. The Morgan fingerprint density at radius 2 is 1.87 bits per heavy atom. The summed E-state index contributed by atoms with van der Waals surface area (Å²) in [6.07, 6.45) is -4.02. The van der Waals surface area contributed by atoms with Crippen LogP contribution in [-0.2, 0) is 14.3 Å². The summed E-state index contributed by atoms with van der Waals surface area (Å²) in [6.45, 7) is 3.64. The van der Waals surface area contributed by atoms with E-state index in [1.165, 1.54) is 18.2 Å². The number of benzene rings is 1. The molecule has 0 spiro atoms. The average Bonchev–Trinajstić information content (AvgIpc) is 3.46. The Balaban J connectivity index is 1.48. The van der Waals surface area contributed by atoms with Crippen molar-refractivity contribution in [3.05, 3.63) is 35.6 Å². The summed E-state index contributed by atoms with van der Waals surface area (Å²) >= 11 is 0. The molecule has 8 atom stereocenters. The van der Waals surface area contributed by atoms with Crippen LogP contribution < -0.4 is 0 Å². The van der Waals surface area contributed by atoms with E-state index in [0.717, 1.165) is 6.07 Å². The number of ketones is 2. The maximum atomic E-state index is 13.7. The number of rotatable bonds is 9. The third-order valence-corrected chi connectivity index (χ3v) is 6.13. The quantitative estimate of drug-likeness (QED) is 0.310. The van der Waals surface area contributed by atoms with Gasteiger partial charge in [-0.05, 0) is 19.1 Å². The van der Waals surface area contributed by atoms with Crippen LogP contribution in [0.25, 0.3) is 0 Å². The third kappa shape index (κ3) is 5.31. The predicted molar refractivity (Wildman–Crippen MR) is 104 cm³/mol. The van der Waals surface area contributed by atoms with Crippen molar-refractivity contribution in [3.63, 3.8) is 0 Å². The molecule has 0 bridgehead atoms. The molecule has 8 heteroatoms. The van der Waals surface area contributed by atoms with Gasteiger partial charge < -0.3 is 24.8 Å². The number of carbonyl (C=O) groups excluding carboxylic acids is 2. The van der Waals surface area contributed by atoms with Crippen LogP contribution in [0.2, 0.25) is 0 Å². The lowest BCUT2D eigenvalue weighted by molar-refractivity contribution is -0.170. The molecule has 0 amide bonds. The van der Waals surface area contributed by atoms with E-state index in [9.17, 15) is 29.3 Å². The number of hydrogen-bond donors (Lipinski definition) is 3. The minimum atomic E-state index is -1.19. The molecule has 2 heterocycles. The molecule has 3 N–H and O–H groups in total. The van der Waals surface area contributed by atoms with E-state index in [0.29, 0.717) is 6.42 Å². The summed E-state index contributed by atoms with van der Waals surface area (Å²) in [5.41, 5.74) is -0.142. The molecule has 2 aliphatic rings. The third-order valence-electron chi connectivity index (χ3n) is 6.13. The highest BCUT2D eigenvalue weighted by molar-refractivity contribution is 6.08. The molecule has 2 aliphatic heterocycles. The van der Waals surface area contributed by atoms with Crippen LogP contribution in [0.5, 0.6) is 0 Å². The van der Waals surface area contributed by atoms with Crippen molar-refractivity contribution >= 4 is 11.6 Å². The zero-order valence-electron chi connectivity index (χ0n) is 17.1. The Hall–Kier alpha value is -1.71. The molecule has 0 radical (unpaired) electrons. The van der Waals surface area contributed by atoms with Crippen LogP contribution in [0.4, 0.5) is 4.39 Å².